The van der Waals surface area contributed by atoms with E-state index in [4.69, 9.17) is 4.74 Å². The molecule has 0 radical (unpaired) electrons. The van der Waals surface area contributed by atoms with Gasteiger partial charge in [-0.2, -0.15) is 0 Å². The fourth-order valence-corrected chi connectivity index (χ4v) is 1.15. The number of carbonyl (C=O) groups is 3. The summed E-state index contributed by atoms with van der Waals surface area (Å²) in [4.78, 5) is 34.5. The van der Waals surface area contributed by atoms with Gasteiger partial charge in [0.2, 0.25) is 0 Å². The van der Waals surface area contributed by atoms with Crippen LogP contribution in [-0.4, -0.2) is 42.3 Å². The number of nitrogens with zero attached hydrogens (tertiary/aromatic N) is 1. The average molecular weight is 225 g/mol. The highest BCUT2D eigenvalue weighted by Gasteiger charge is 2.22. The van der Waals surface area contributed by atoms with E-state index in [9.17, 15) is 14.4 Å². The standard InChI is InChI=1S/C11H15NO4/c1-8(2)9(13)7-16-6-5-12-10(14)3-4-11(12)15/h3-4,8H,5-7H2,1-2H3. The van der Waals surface area contributed by atoms with Gasteiger partial charge >= 0.3 is 0 Å². The predicted molar refractivity (Wildman–Crippen MR) is 56.5 cm³/mol. The zero-order valence-corrected chi connectivity index (χ0v) is 9.43. The van der Waals surface area contributed by atoms with Crippen molar-refractivity contribution in [3.8, 4) is 0 Å². The van der Waals surface area contributed by atoms with Crippen LogP contribution >= 0.6 is 0 Å². The quantitative estimate of drug-likeness (QED) is 0.477. The Kier molecular flexibility index (Phi) is 4.37. The maximum Gasteiger partial charge on any atom is 0.253 e. The molecule has 1 rings (SSSR count). The van der Waals surface area contributed by atoms with Crippen molar-refractivity contribution in [2.75, 3.05) is 19.8 Å². The molecule has 0 aromatic rings. The van der Waals surface area contributed by atoms with Crippen LogP contribution in [0.2, 0.25) is 0 Å². The van der Waals surface area contributed by atoms with Crippen molar-refractivity contribution in [3.05, 3.63) is 12.2 Å². The molecule has 5 nitrogen and oxygen atoms in total. The first kappa shape index (κ1) is 12.6. The molecule has 0 saturated carbocycles. The van der Waals surface area contributed by atoms with Gasteiger partial charge in [-0.1, -0.05) is 13.8 Å². The number of amides is 2. The van der Waals surface area contributed by atoms with Gasteiger partial charge in [0.1, 0.15) is 6.61 Å². The fourth-order valence-electron chi connectivity index (χ4n) is 1.15. The van der Waals surface area contributed by atoms with E-state index in [0.717, 1.165) is 4.90 Å². The van der Waals surface area contributed by atoms with Crippen molar-refractivity contribution < 1.29 is 19.1 Å². The third kappa shape index (κ3) is 3.27. The Morgan fingerprint density at radius 3 is 2.38 bits per heavy atom. The molecule has 0 fully saturated rings. The molecule has 0 unspecified atom stereocenters. The zero-order chi connectivity index (χ0) is 12.1. The molecule has 2 amide bonds. The van der Waals surface area contributed by atoms with Crippen LogP contribution < -0.4 is 0 Å². The lowest BCUT2D eigenvalue weighted by molar-refractivity contribution is -0.137. The topological polar surface area (TPSA) is 63.7 Å². The number of ether oxygens (including phenoxy) is 1. The molecule has 0 aromatic carbocycles. The van der Waals surface area contributed by atoms with Crippen LogP contribution in [-0.2, 0) is 19.1 Å². The minimum Gasteiger partial charge on any atom is -0.372 e. The predicted octanol–water partition coefficient (Wildman–Crippen LogP) is 0.153. The number of hydrogen-bond acceptors (Lipinski definition) is 4. The molecule has 0 bridgehead atoms. The minimum atomic E-state index is -0.330. The molecule has 88 valence electrons. The monoisotopic (exact) mass is 225 g/mol. The summed E-state index contributed by atoms with van der Waals surface area (Å²) in [6, 6.07) is 0. The molecule has 0 aliphatic carbocycles. The maximum absolute atomic E-state index is 11.2. The Morgan fingerprint density at radius 2 is 1.88 bits per heavy atom. The Hall–Kier alpha value is -1.49. The Labute approximate surface area is 94.1 Å². The Bertz CT molecular complexity index is 315. The smallest absolute Gasteiger partial charge is 0.253 e. The summed E-state index contributed by atoms with van der Waals surface area (Å²) in [7, 11) is 0. The number of imide groups is 1. The Balaban J connectivity index is 2.19. The van der Waals surface area contributed by atoms with Gasteiger partial charge in [-0.3, -0.25) is 19.3 Å². The zero-order valence-electron chi connectivity index (χ0n) is 9.43. The van der Waals surface area contributed by atoms with E-state index in [2.05, 4.69) is 0 Å². The average Bonchev–Trinajstić information content (AvgIpc) is 2.54. The highest BCUT2D eigenvalue weighted by atomic mass is 16.5. The van der Waals surface area contributed by atoms with Crippen LogP contribution in [0.15, 0.2) is 12.2 Å². The molecule has 16 heavy (non-hydrogen) atoms. The van der Waals surface area contributed by atoms with E-state index in [1.165, 1.54) is 12.2 Å². The molecular formula is C11H15NO4. The second-order valence-corrected chi connectivity index (χ2v) is 3.84. The summed E-state index contributed by atoms with van der Waals surface area (Å²) < 4.78 is 5.09. The molecule has 1 heterocycles. The van der Waals surface area contributed by atoms with Gasteiger partial charge in [0.15, 0.2) is 5.78 Å². The highest BCUT2D eigenvalue weighted by molar-refractivity contribution is 6.12. The van der Waals surface area contributed by atoms with Crippen LogP contribution in [0.25, 0.3) is 0 Å². The highest BCUT2D eigenvalue weighted by Crippen LogP contribution is 2.02. The van der Waals surface area contributed by atoms with Gasteiger partial charge in [-0.25, -0.2) is 0 Å². The summed E-state index contributed by atoms with van der Waals surface area (Å²) in [5.41, 5.74) is 0. The fraction of sp³-hybridized carbons (Fsp3) is 0.545. The van der Waals surface area contributed by atoms with Crippen LogP contribution in [0.4, 0.5) is 0 Å². The van der Waals surface area contributed by atoms with Crippen molar-refractivity contribution in [2.45, 2.75) is 13.8 Å². The third-order valence-corrected chi connectivity index (χ3v) is 2.25. The van der Waals surface area contributed by atoms with E-state index in [1.807, 2.05) is 0 Å². The second kappa shape index (κ2) is 5.55. The van der Waals surface area contributed by atoms with Crippen LogP contribution in [0.3, 0.4) is 0 Å². The van der Waals surface area contributed by atoms with Gasteiger partial charge in [-0.05, 0) is 0 Å². The number of hydrogen-bond donors (Lipinski definition) is 0. The number of rotatable bonds is 6. The number of ketones is 1. The summed E-state index contributed by atoms with van der Waals surface area (Å²) in [6.45, 7) is 4.00. The normalized spacial score (nSPS) is 15.3. The van der Waals surface area contributed by atoms with Crippen LogP contribution in [0, 0.1) is 5.92 Å². The van der Waals surface area contributed by atoms with E-state index in [0.29, 0.717) is 0 Å². The molecule has 0 aromatic heterocycles. The van der Waals surface area contributed by atoms with Crippen molar-refractivity contribution in [2.24, 2.45) is 5.92 Å². The number of Topliss-reactive ketones (excluding diaryl/α,β-unsaturated/α-hetero) is 1. The molecule has 0 saturated heterocycles. The lowest BCUT2D eigenvalue weighted by Gasteiger charge is -2.13. The van der Waals surface area contributed by atoms with E-state index in [-0.39, 0.29) is 43.3 Å². The van der Waals surface area contributed by atoms with E-state index >= 15 is 0 Å². The first-order valence-corrected chi connectivity index (χ1v) is 5.16. The molecule has 0 atom stereocenters. The summed E-state index contributed by atoms with van der Waals surface area (Å²) >= 11 is 0. The maximum atomic E-state index is 11.2. The third-order valence-electron chi connectivity index (χ3n) is 2.25. The van der Waals surface area contributed by atoms with Gasteiger partial charge in [-0.15, -0.1) is 0 Å². The molecule has 1 aliphatic heterocycles. The largest absolute Gasteiger partial charge is 0.372 e. The van der Waals surface area contributed by atoms with Crippen LogP contribution in [0.5, 0.6) is 0 Å². The van der Waals surface area contributed by atoms with Crippen molar-refractivity contribution in [3.63, 3.8) is 0 Å². The van der Waals surface area contributed by atoms with Crippen LogP contribution in [0.1, 0.15) is 13.8 Å². The first-order valence-electron chi connectivity index (χ1n) is 5.16. The lowest BCUT2D eigenvalue weighted by Crippen LogP contribution is -2.33. The SMILES string of the molecule is CC(C)C(=O)COCCN1C(=O)C=CC1=O. The Morgan fingerprint density at radius 1 is 1.31 bits per heavy atom. The van der Waals surface area contributed by atoms with Crippen molar-refractivity contribution in [1.29, 1.82) is 0 Å². The first-order chi connectivity index (χ1) is 7.52. The van der Waals surface area contributed by atoms with Gasteiger partial charge in [0, 0.05) is 18.1 Å². The molecule has 5 heteroatoms. The summed E-state index contributed by atoms with van der Waals surface area (Å²) in [5, 5.41) is 0. The second-order valence-electron chi connectivity index (χ2n) is 3.84. The van der Waals surface area contributed by atoms with Gasteiger partial charge in [0.25, 0.3) is 11.8 Å². The molecule has 0 spiro atoms. The number of carbonyl (C=O) groups excluding carboxylic acids is 3. The molecule has 1 aliphatic rings. The van der Waals surface area contributed by atoms with Crippen molar-refractivity contribution >= 4 is 17.6 Å². The summed E-state index contributed by atoms with van der Waals surface area (Å²) in [6.07, 6.45) is 2.45. The molecule has 0 N–H and O–H groups in total. The lowest BCUT2D eigenvalue weighted by atomic mass is 10.1. The minimum absolute atomic E-state index is 0.0113. The van der Waals surface area contributed by atoms with Gasteiger partial charge in [0.05, 0.1) is 13.2 Å². The summed E-state index contributed by atoms with van der Waals surface area (Å²) in [5.74, 6) is -0.707. The van der Waals surface area contributed by atoms with Gasteiger partial charge < -0.3 is 4.74 Å². The molecular weight excluding hydrogens is 210 g/mol. The van der Waals surface area contributed by atoms with E-state index < -0.39 is 0 Å². The van der Waals surface area contributed by atoms with Crippen molar-refractivity contribution in [1.82, 2.24) is 4.90 Å². The van der Waals surface area contributed by atoms with E-state index in [1.54, 1.807) is 13.8 Å².